The zero-order chi connectivity index (χ0) is 15.3. The van der Waals surface area contributed by atoms with Crippen LogP contribution in [-0.2, 0) is 18.4 Å². The van der Waals surface area contributed by atoms with E-state index < -0.39 is 11.7 Å². The van der Waals surface area contributed by atoms with Crippen LogP contribution in [0.3, 0.4) is 0 Å². The number of halogens is 1. The normalized spacial score (nSPS) is 14.0. The van der Waals surface area contributed by atoms with Crippen LogP contribution < -0.4 is 4.90 Å². The Balaban J connectivity index is 2.10. The third-order valence-corrected chi connectivity index (χ3v) is 4.20. The fourth-order valence-corrected chi connectivity index (χ4v) is 2.77. The molecule has 3 rings (SSSR count). The topological polar surface area (TPSA) is 55.2 Å². The Bertz CT molecular complexity index is 779. The molecule has 0 aliphatic carbocycles. The second-order valence-electron chi connectivity index (χ2n) is 5.20. The molecule has 2 aromatic rings. The first-order chi connectivity index (χ1) is 9.91. The van der Waals surface area contributed by atoms with E-state index >= 15 is 0 Å². The lowest BCUT2D eigenvalue weighted by molar-refractivity contribution is -0.114. The van der Waals surface area contributed by atoms with E-state index in [0.29, 0.717) is 22.2 Å². The van der Waals surface area contributed by atoms with Crippen LogP contribution in [0.4, 0.5) is 5.69 Å². The van der Waals surface area contributed by atoms with Gasteiger partial charge in [-0.15, -0.1) is 0 Å². The number of rotatable bonds is 2. The summed E-state index contributed by atoms with van der Waals surface area (Å²) in [5.41, 5.74) is 2.90. The van der Waals surface area contributed by atoms with Crippen LogP contribution in [0.1, 0.15) is 27.3 Å². The molecule has 1 aromatic carbocycles. The van der Waals surface area contributed by atoms with Gasteiger partial charge in [-0.05, 0) is 25.0 Å². The van der Waals surface area contributed by atoms with Crippen LogP contribution in [0.5, 0.6) is 0 Å². The third-order valence-electron chi connectivity index (χ3n) is 3.85. The van der Waals surface area contributed by atoms with Crippen molar-refractivity contribution in [1.29, 1.82) is 0 Å². The molecule has 21 heavy (non-hydrogen) atoms. The molecule has 0 saturated carbocycles. The van der Waals surface area contributed by atoms with E-state index in [4.69, 9.17) is 11.6 Å². The lowest BCUT2D eigenvalue weighted by Crippen LogP contribution is -2.30. The lowest BCUT2D eigenvalue weighted by atomic mass is 10.0. The number of aryl methyl sites for hydroxylation is 2. The number of nitrogens with zero attached hydrogens (tertiary/aromatic N) is 3. The molecule has 0 bridgehead atoms. The number of carbonyl (C=O) groups excluding carboxylic acids is 2. The van der Waals surface area contributed by atoms with Gasteiger partial charge in [-0.3, -0.25) is 14.5 Å². The van der Waals surface area contributed by atoms with Crippen molar-refractivity contribution in [3.63, 3.8) is 0 Å². The SMILES string of the molecule is Cc1ccc(C)c2c1C(=O)C(=O)N2Cc1ncc(Cl)n1C. The van der Waals surface area contributed by atoms with Crippen molar-refractivity contribution in [3.8, 4) is 0 Å². The number of Topliss-reactive ketones (excluding diaryl/α,β-unsaturated/α-hetero) is 1. The van der Waals surface area contributed by atoms with Gasteiger partial charge in [0.05, 0.1) is 24.0 Å². The number of fused-ring (bicyclic) bond motifs is 1. The monoisotopic (exact) mass is 303 g/mol. The molecular formula is C15H14ClN3O2. The maximum Gasteiger partial charge on any atom is 0.299 e. The zero-order valence-corrected chi connectivity index (χ0v) is 12.7. The molecule has 0 N–H and O–H groups in total. The van der Waals surface area contributed by atoms with Gasteiger partial charge >= 0.3 is 0 Å². The van der Waals surface area contributed by atoms with Crippen LogP contribution in [0.2, 0.25) is 5.15 Å². The average Bonchev–Trinajstić information content (AvgIpc) is 2.90. The summed E-state index contributed by atoms with van der Waals surface area (Å²) in [7, 11) is 1.77. The Kier molecular flexibility index (Phi) is 3.10. The van der Waals surface area contributed by atoms with Crippen molar-refractivity contribution in [2.45, 2.75) is 20.4 Å². The Hall–Kier alpha value is -2.14. The van der Waals surface area contributed by atoms with E-state index in [-0.39, 0.29) is 6.54 Å². The molecule has 0 radical (unpaired) electrons. The predicted molar refractivity (Wildman–Crippen MR) is 79.7 cm³/mol. The minimum absolute atomic E-state index is 0.227. The Morgan fingerprint density at radius 1 is 1.19 bits per heavy atom. The van der Waals surface area contributed by atoms with Gasteiger partial charge in [0.2, 0.25) is 0 Å². The van der Waals surface area contributed by atoms with Crippen molar-refractivity contribution < 1.29 is 9.59 Å². The first-order valence-corrected chi connectivity index (χ1v) is 6.92. The molecule has 1 aromatic heterocycles. The standard InChI is InChI=1S/C15H14ClN3O2/c1-8-4-5-9(2)13-12(8)14(20)15(21)19(13)7-11-17-6-10(16)18(11)3/h4-6H,7H2,1-3H3. The van der Waals surface area contributed by atoms with Gasteiger partial charge in [0, 0.05) is 7.05 Å². The Labute approximate surface area is 127 Å². The highest BCUT2D eigenvalue weighted by molar-refractivity contribution is 6.52. The molecule has 0 saturated heterocycles. The fourth-order valence-electron chi connectivity index (χ4n) is 2.63. The molecular weight excluding hydrogens is 290 g/mol. The molecule has 1 amide bonds. The second-order valence-corrected chi connectivity index (χ2v) is 5.59. The van der Waals surface area contributed by atoms with E-state index in [1.165, 1.54) is 11.1 Å². The predicted octanol–water partition coefficient (Wildman–Crippen LogP) is 2.42. The highest BCUT2D eigenvalue weighted by Gasteiger charge is 2.38. The number of hydrogen-bond acceptors (Lipinski definition) is 3. The van der Waals surface area contributed by atoms with Gasteiger partial charge in [0.25, 0.3) is 11.7 Å². The van der Waals surface area contributed by atoms with Crippen molar-refractivity contribution in [2.24, 2.45) is 7.05 Å². The van der Waals surface area contributed by atoms with E-state index in [1.807, 2.05) is 26.0 Å². The molecule has 2 heterocycles. The largest absolute Gasteiger partial charge is 0.321 e. The summed E-state index contributed by atoms with van der Waals surface area (Å²) in [4.78, 5) is 30.2. The highest BCUT2D eigenvalue weighted by atomic mass is 35.5. The minimum Gasteiger partial charge on any atom is -0.321 e. The lowest BCUT2D eigenvalue weighted by Gasteiger charge is -2.18. The van der Waals surface area contributed by atoms with Crippen LogP contribution >= 0.6 is 11.6 Å². The van der Waals surface area contributed by atoms with E-state index in [0.717, 1.165) is 11.1 Å². The van der Waals surface area contributed by atoms with Gasteiger partial charge in [-0.2, -0.15) is 0 Å². The Morgan fingerprint density at radius 3 is 2.48 bits per heavy atom. The number of carbonyl (C=O) groups is 2. The molecule has 0 spiro atoms. The maximum atomic E-state index is 12.3. The van der Waals surface area contributed by atoms with Gasteiger partial charge in [0.1, 0.15) is 11.0 Å². The van der Waals surface area contributed by atoms with Crippen LogP contribution in [0.25, 0.3) is 0 Å². The van der Waals surface area contributed by atoms with E-state index in [1.54, 1.807) is 11.6 Å². The minimum atomic E-state index is -0.512. The van der Waals surface area contributed by atoms with Crippen molar-refractivity contribution in [1.82, 2.24) is 9.55 Å². The highest BCUT2D eigenvalue weighted by Crippen LogP contribution is 2.35. The molecule has 0 atom stereocenters. The number of imidazole rings is 1. The fraction of sp³-hybridized carbons (Fsp3) is 0.267. The molecule has 0 fully saturated rings. The van der Waals surface area contributed by atoms with Crippen molar-refractivity contribution >= 4 is 29.0 Å². The summed E-state index contributed by atoms with van der Waals surface area (Å²) in [6.45, 7) is 3.96. The summed E-state index contributed by atoms with van der Waals surface area (Å²) < 4.78 is 1.70. The molecule has 108 valence electrons. The summed E-state index contributed by atoms with van der Waals surface area (Å²) in [5, 5.41) is 0.490. The second kappa shape index (κ2) is 4.70. The maximum absolute atomic E-state index is 12.3. The summed E-state index contributed by atoms with van der Waals surface area (Å²) in [5.74, 6) is -0.331. The molecule has 6 heteroatoms. The van der Waals surface area contributed by atoms with E-state index in [2.05, 4.69) is 4.98 Å². The first kappa shape index (κ1) is 13.8. The summed E-state index contributed by atoms with van der Waals surface area (Å²) in [6.07, 6.45) is 1.53. The summed E-state index contributed by atoms with van der Waals surface area (Å²) >= 11 is 5.97. The third kappa shape index (κ3) is 1.96. The van der Waals surface area contributed by atoms with E-state index in [9.17, 15) is 9.59 Å². The molecule has 0 unspecified atom stereocenters. The van der Waals surface area contributed by atoms with Crippen molar-refractivity contribution in [3.05, 3.63) is 46.0 Å². The first-order valence-electron chi connectivity index (χ1n) is 6.54. The Morgan fingerprint density at radius 2 is 1.86 bits per heavy atom. The van der Waals surface area contributed by atoms with Gasteiger partial charge in [-0.1, -0.05) is 23.7 Å². The molecule has 1 aliphatic rings. The number of hydrogen-bond donors (Lipinski definition) is 0. The van der Waals surface area contributed by atoms with Crippen LogP contribution in [-0.4, -0.2) is 21.2 Å². The van der Waals surface area contributed by atoms with Crippen LogP contribution in [0.15, 0.2) is 18.3 Å². The van der Waals surface area contributed by atoms with Crippen LogP contribution in [0, 0.1) is 13.8 Å². The number of aromatic nitrogens is 2. The number of amides is 1. The number of anilines is 1. The average molecular weight is 304 g/mol. The number of ketones is 1. The molecule has 1 aliphatic heterocycles. The molecule has 5 nitrogen and oxygen atoms in total. The smallest absolute Gasteiger partial charge is 0.299 e. The number of benzene rings is 1. The quantitative estimate of drug-likeness (QED) is 0.801. The van der Waals surface area contributed by atoms with Gasteiger partial charge in [-0.25, -0.2) is 4.98 Å². The van der Waals surface area contributed by atoms with Gasteiger partial charge in [0.15, 0.2) is 0 Å². The summed E-state index contributed by atoms with van der Waals surface area (Å²) in [6, 6.07) is 3.78. The zero-order valence-electron chi connectivity index (χ0n) is 12.0. The van der Waals surface area contributed by atoms with Crippen molar-refractivity contribution in [2.75, 3.05) is 4.90 Å². The van der Waals surface area contributed by atoms with Gasteiger partial charge < -0.3 is 4.57 Å².